The quantitative estimate of drug-likeness (QED) is 0.284. The van der Waals surface area contributed by atoms with Gasteiger partial charge < -0.3 is 20.1 Å². The van der Waals surface area contributed by atoms with Crippen LogP contribution in [0.15, 0.2) is 52.5 Å². The summed E-state index contributed by atoms with van der Waals surface area (Å²) in [5, 5.41) is 14.0. The number of aliphatic hydroxyl groups excluding tert-OH is 1. The van der Waals surface area contributed by atoms with E-state index in [9.17, 15) is 14.5 Å². The van der Waals surface area contributed by atoms with Gasteiger partial charge in [-0.05, 0) is 30.7 Å². The average molecular weight is 440 g/mol. The number of nitrogens with zero attached hydrogens (tertiary/aromatic N) is 5. The number of para-hydroxylation sites is 1. The first-order chi connectivity index (χ1) is 14.2. The fourth-order valence-corrected chi connectivity index (χ4v) is 3.67. The summed E-state index contributed by atoms with van der Waals surface area (Å²) in [5.41, 5.74) is 11.4. The van der Waals surface area contributed by atoms with Gasteiger partial charge in [-0.2, -0.15) is 4.98 Å². The lowest BCUT2D eigenvalue weighted by Crippen LogP contribution is -2.48. The van der Waals surface area contributed by atoms with Crippen LogP contribution < -0.4 is 15.9 Å². The van der Waals surface area contributed by atoms with Gasteiger partial charge in [-0.3, -0.25) is 9.09 Å². The molecule has 1 aliphatic rings. The number of halogens is 1. The topological polar surface area (TPSA) is 175 Å². The van der Waals surface area contributed by atoms with Crippen LogP contribution in [-0.2, 0) is 13.8 Å². The predicted molar refractivity (Wildman–Crippen MR) is 102 cm³/mol. The molecule has 5 atom stereocenters. The van der Waals surface area contributed by atoms with Crippen molar-refractivity contribution in [1.82, 2.24) is 9.55 Å². The van der Waals surface area contributed by atoms with E-state index in [1.807, 2.05) is 0 Å². The van der Waals surface area contributed by atoms with Gasteiger partial charge in [0.1, 0.15) is 29.8 Å². The first-order valence-corrected chi connectivity index (χ1v) is 9.77. The third-order valence-electron chi connectivity index (χ3n) is 4.47. The van der Waals surface area contributed by atoms with E-state index in [1.165, 1.54) is 25.1 Å². The Morgan fingerprint density at radius 2 is 2.17 bits per heavy atom. The maximum absolute atomic E-state index is 15.5. The van der Waals surface area contributed by atoms with E-state index in [2.05, 4.69) is 15.0 Å². The maximum atomic E-state index is 15.5. The SMILES string of the molecule is C[C@]1(N=[N+]=[N-])[C@H](n2ccc(N)nc2=O)O[C@](F)(CO[PH](=O)Oc2ccccc2)[C@H]1O. The largest absolute Gasteiger partial charge is 0.426 e. The molecule has 160 valence electrons. The van der Waals surface area contributed by atoms with Crippen molar-refractivity contribution in [2.45, 2.75) is 30.6 Å². The van der Waals surface area contributed by atoms with Crippen LogP contribution in [0.3, 0.4) is 0 Å². The fraction of sp³-hybridized carbons (Fsp3) is 0.375. The fourth-order valence-electron chi connectivity index (χ4n) is 2.97. The Hall–Kier alpha value is -2.95. The highest BCUT2D eigenvalue weighted by Crippen LogP contribution is 2.48. The molecule has 0 amide bonds. The number of hydrogen-bond acceptors (Lipinski definition) is 9. The van der Waals surface area contributed by atoms with Gasteiger partial charge >= 0.3 is 13.9 Å². The molecule has 1 unspecified atom stereocenters. The Morgan fingerprint density at radius 1 is 1.47 bits per heavy atom. The number of anilines is 1. The van der Waals surface area contributed by atoms with Gasteiger partial charge in [0.2, 0.25) is 0 Å². The second-order valence-corrected chi connectivity index (χ2v) is 7.56. The minimum atomic E-state index is -3.22. The lowest BCUT2D eigenvalue weighted by molar-refractivity contribution is -0.203. The summed E-state index contributed by atoms with van der Waals surface area (Å²) >= 11 is 0. The number of hydrogen-bond donors (Lipinski definition) is 2. The van der Waals surface area contributed by atoms with Crippen molar-refractivity contribution in [3.8, 4) is 5.75 Å². The summed E-state index contributed by atoms with van der Waals surface area (Å²) < 4.78 is 43.5. The average Bonchev–Trinajstić information content (AvgIpc) is 2.89. The first kappa shape index (κ1) is 21.8. The van der Waals surface area contributed by atoms with Gasteiger partial charge in [-0.25, -0.2) is 13.8 Å². The molecule has 0 saturated carbocycles. The Bertz CT molecular complexity index is 1050. The molecule has 1 fully saturated rings. The molecular weight excluding hydrogens is 422 g/mol. The predicted octanol–water partition coefficient (Wildman–Crippen LogP) is 1.94. The lowest BCUT2D eigenvalue weighted by atomic mass is 9.92. The van der Waals surface area contributed by atoms with Crippen molar-refractivity contribution in [1.29, 1.82) is 0 Å². The monoisotopic (exact) mass is 440 g/mol. The summed E-state index contributed by atoms with van der Waals surface area (Å²) in [7, 11) is -3.22. The van der Waals surface area contributed by atoms with Gasteiger partial charge in [0.05, 0.1) is 0 Å². The van der Waals surface area contributed by atoms with Crippen molar-refractivity contribution in [3.05, 3.63) is 63.5 Å². The zero-order valence-corrected chi connectivity index (χ0v) is 16.6. The van der Waals surface area contributed by atoms with Gasteiger partial charge in [-0.1, -0.05) is 23.3 Å². The number of azide groups is 1. The molecule has 0 bridgehead atoms. The van der Waals surface area contributed by atoms with Crippen molar-refractivity contribution < 1.29 is 27.8 Å². The van der Waals surface area contributed by atoms with Crippen molar-refractivity contribution in [2.24, 2.45) is 5.11 Å². The van der Waals surface area contributed by atoms with Crippen LogP contribution in [0.1, 0.15) is 13.2 Å². The highest BCUT2D eigenvalue weighted by Gasteiger charge is 2.63. The molecule has 1 saturated heterocycles. The van der Waals surface area contributed by atoms with Gasteiger partial charge in [0.25, 0.3) is 5.85 Å². The molecule has 2 aromatic rings. The van der Waals surface area contributed by atoms with Crippen LogP contribution in [0, 0.1) is 0 Å². The molecule has 3 rings (SSSR count). The van der Waals surface area contributed by atoms with Gasteiger partial charge in [-0.15, -0.1) is 0 Å². The second-order valence-electron chi connectivity index (χ2n) is 6.57. The Kier molecular flexibility index (Phi) is 6.11. The van der Waals surface area contributed by atoms with E-state index in [0.29, 0.717) is 0 Å². The summed E-state index contributed by atoms with van der Waals surface area (Å²) in [6, 6.07) is 9.28. The van der Waals surface area contributed by atoms with Crippen LogP contribution in [0.4, 0.5) is 10.2 Å². The minimum Gasteiger partial charge on any atom is -0.426 e. The summed E-state index contributed by atoms with van der Waals surface area (Å²) in [4.78, 5) is 18.3. The van der Waals surface area contributed by atoms with E-state index in [0.717, 1.165) is 10.8 Å². The van der Waals surface area contributed by atoms with Crippen LogP contribution in [0.25, 0.3) is 10.4 Å². The summed E-state index contributed by atoms with van der Waals surface area (Å²) in [5.74, 6) is -2.83. The second kappa shape index (κ2) is 8.42. The van der Waals surface area contributed by atoms with Crippen LogP contribution >= 0.6 is 8.25 Å². The normalized spacial score (nSPS) is 29.2. The molecule has 12 nitrogen and oxygen atoms in total. The lowest BCUT2D eigenvalue weighted by Gasteiger charge is -2.28. The molecule has 0 spiro atoms. The minimum absolute atomic E-state index is 0.0909. The summed E-state index contributed by atoms with van der Waals surface area (Å²) in [6.45, 7) is 0.165. The number of nitrogen functional groups attached to an aromatic ring is 1. The van der Waals surface area contributed by atoms with Gasteiger partial charge in [0.15, 0.2) is 6.23 Å². The van der Waals surface area contributed by atoms with Crippen LogP contribution in [0.5, 0.6) is 5.75 Å². The molecule has 1 aromatic carbocycles. The number of alkyl halides is 1. The molecule has 1 aliphatic heterocycles. The van der Waals surface area contributed by atoms with E-state index >= 15 is 4.39 Å². The Labute approximate surface area is 169 Å². The number of nitrogens with two attached hydrogens (primary N) is 1. The molecule has 14 heteroatoms. The van der Waals surface area contributed by atoms with Gasteiger partial charge in [0, 0.05) is 11.1 Å². The third kappa shape index (κ3) is 4.16. The zero-order chi connectivity index (χ0) is 21.9. The van der Waals surface area contributed by atoms with Crippen molar-refractivity contribution in [3.63, 3.8) is 0 Å². The molecular formula is C16H18FN6O6P. The Morgan fingerprint density at radius 3 is 2.80 bits per heavy atom. The Balaban J connectivity index is 1.83. The number of aliphatic hydroxyl groups is 1. The zero-order valence-electron chi connectivity index (χ0n) is 15.6. The van der Waals surface area contributed by atoms with Crippen molar-refractivity contribution >= 4 is 14.1 Å². The number of ether oxygens (including phenoxy) is 1. The van der Waals surface area contributed by atoms with E-state index in [1.54, 1.807) is 18.2 Å². The van der Waals surface area contributed by atoms with Crippen LogP contribution in [0.2, 0.25) is 0 Å². The first-order valence-electron chi connectivity index (χ1n) is 8.55. The smallest absolute Gasteiger partial charge is 0.368 e. The molecule has 30 heavy (non-hydrogen) atoms. The van der Waals surface area contributed by atoms with Crippen LogP contribution in [-0.4, -0.2) is 38.8 Å². The standard InChI is InChI=1S/C16H18FN6O6P/c1-15(21-22-19)12(24)16(17,9-27-30(26)29-10-5-3-2-4-6-10)28-13(15)23-8-7-11(18)20-14(23)25/h2-8,12-13,24,30H,9H2,1H3,(H2,18,20,25)/t12-,13+,15+,16+/m0/s1. The summed E-state index contributed by atoms with van der Waals surface area (Å²) in [6.07, 6.45) is -2.52. The maximum Gasteiger partial charge on any atom is 0.368 e. The number of benzene rings is 1. The van der Waals surface area contributed by atoms with E-state index in [-0.39, 0.29) is 11.6 Å². The highest BCUT2D eigenvalue weighted by molar-refractivity contribution is 7.33. The van der Waals surface area contributed by atoms with Crippen molar-refractivity contribution in [2.75, 3.05) is 12.3 Å². The third-order valence-corrected chi connectivity index (χ3v) is 5.25. The van der Waals surface area contributed by atoms with E-state index < -0.39 is 44.3 Å². The molecule has 1 aromatic heterocycles. The highest BCUT2D eigenvalue weighted by atomic mass is 31.1. The molecule has 0 aliphatic carbocycles. The molecule has 0 radical (unpaired) electrons. The van der Waals surface area contributed by atoms with E-state index in [4.69, 9.17) is 25.0 Å². The molecule has 2 heterocycles. The molecule has 3 N–H and O–H groups in total. The number of aromatic nitrogens is 2. The number of rotatable bonds is 7.